The first-order valence-corrected chi connectivity index (χ1v) is 10.1. The lowest BCUT2D eigenvalue weighted by Gasteiger charge is -2.27. The molecule has 0 saturated carbocycles. The van der Waals surface area contributed by atoms with E-state index in [1.807, 2.05) is 0 Å². The van der Waals surface area contributed by atoms with E-state index in [2.05, 4.69) is 15.0 Å². The molecule has 0 radical (unpaired) electrons. The molecule has 176 valence electrons. The fraction of sp³-hybridized carbons (Fsp3) is 0.304. The van der Waals surface area contributed by atoms with Crippen molar-refractivity contribution < 1.29 is 36.6 Å². The van der Waals surface area contributed by atoms with Crippen LogP contribution < -0.4 is 10.1 Å². The summed E-state index contributed by atoms with van der Waals surface area (Å²) in [6.07, 6.45) is -5.44. The molecular formula is C23H22F4N2O4. The molecule has 0 aliphatic carbocycles. The van der Waals surface area contributed by atoms with Crippen LogP contribution in [0.1, 0.15) is 25.1 Å². The SMILES string of the molecule is CCOC(=O)[C@H](Cc1c(C(F)(F)C(F)(F)Oc2ccccc2)[nH]c2ccccc12)NC(C)=O. The van der Waals surface area contributed by atoms with E-state index in [0.29, 0.717) is 0 Å². The fourth-order valence-electron chi connectivity index (χ4n) is 3.41. The van der Waals surface area contributed by atoms with Crippen molar-refractivity contribution in [3.8, 4) is 5.75 Å². The van der Waals surface area contributed by atoms with Gasteiger partial charge in [-0.15, -0.1) is 0 Å². The van der Waals surface area contributed by atoms with Gasteiger partial charge in [-0.05, 0) is 30.7 Å². The maximum absolute atomic E-state index is 15.3. The second kappa shape index (κ2) is 9.51. The quantitative estimate of drug-likeness (QED) is 0.358. The van der Waals surface area contributed by atoms with E-state index in [1.54, 1.807) is 6.07 Å². The van der Waals surface area contributed by atoms with Crippen molar-refractivity contribution in [3.63, 3.8) is 0 Å². The van der Waals surface area contributed by atoms with Gasteiger partial charge < -0.3 is 19.8 Å². The molecule has 1 aromatic heterocycles. The summed E-state index contributed by atoms with van der Waals surface area (Å²) in [6, 6.07) is 11.1. The summed E-state index contributed by atoms with van der Waals surface area (Å²) in [6.45, 7) is 2.66. The van der Waals surface area contributed by atoms with E-state index < -0.39 is 47.8 Å². The summed E-state index contributed by atoms with van der Waals surface area (Å²) < 4.78 is 69.3. The summed E-state index contributed by atoms with van der Waals surface area (Å²) in [5.41, 5.74) is -1.23. The standard InChI is InChI=1S/C23H22F4N2O4/c1-3-32-21(31)19(28-14(2)30)13-17-16-11-7-8-12-18(16)29-20(17)22(24,25)23(26,27)33-15-9-5-4-6-10-15/h4-12,19,29H,3,13H2,1-2H3,(H,28,30)/t19-/m0/s1. The van der Waals surface area contributed by atoms with Crippen molar-refractivity contribution in [1.82, 2.24) is 10.3 Å². The molecule has 0 saturated heterocycles. The number of benzene rings is 2. The maximum atomic E-state index is 15.3. The zero-order valence-corrected chi connectivity index (χ0v) is 17.8. The van der Waals surface area contributed by atoms with Gasteiger partial charge in [0.25, 0.3) is 0 Å². The van der Waals surface area contributed by atoms with Crippen LogP contribution in [0, 0.1) is 0 Å². The minimum Gasteiger partial charge on any atom is -0.464 e. The van der Waals surface area contributed by atoms with Crippen molar-refractivity contribution >= 4 is 22.8 Å². The summed E-state index contributed by atoms with van der Waals surface area (Å²) in [5, 5.41) is 2.53. The van der Waals surface area contributed by atoms with E-state index in [4.69, 9.17) is 4.74 Å². The normalized spacial score (nSPS) is 12.9. The molecule has 10 heteroatoms. The van der Waals surface area contributed by atoms with Crippen molar-refractivity contribution in [2.24, 2.45) is 0 Å². The Kier molecular flexibility index (Phi) is 6.95. The molecule has 3 rings (SSSR count). The number of esters is 1. The summed E-state index contributed by atoms with van der Waals surface area (Å²) >= 11 is 0. The molecule has 2 aromatic carbocycles. The Morgan fingerprint density at radius 1 is 1.03 bits per heavy atom. The molecule has 2 N–H and O–H groups in total. The van der Waals surface area contributed by atoms with Crippen LogP contribution >= 0.6 is 0 Å². The number of ether oxygens (including phenoxy) is 2. The smallest absolute Gasteiger partial charge is 0.464 e. The molecule has 0 fully saturated rings. The average molecular weight is 466 g/mol. The van der Waals surface area contributed by atoms with Crippen LogP contribution in [0.15, 0.2) is 54.6 Å². The Hall–Kier alpha value is -3.56. The van der Waals surface area contributed by atoms with E-state index in [-0.39, 0.29) is 23.1 Å². The van der Waals surface area contributed by atoms with E-state index in [1.165, 1.54) is 43.3 Å². The number of aromatic amines is 1. The molecule has 1 heterocycles. The van der Waals surface area contributed by atoms with Gasteiger partial charge in [0.15, 0.2) is 0 Å². The molecule has 1 atom stereocenters. The number of alkyl halides is 4. The Balaban J connectivity index is 2.08. The first-order chi connectivity index (χ1) is 15.6. The van der Waals surface area contributed by atoms with Gasteiger partial charge in [0.1, 0.15) is 17.5 Å². The van der Waals surface area contributed by atoms with Gasteiger partial charge in [-0.3, -0.25) is 4.79 Å². The molecule has 0 aliphatic heterocycles. The topological polar surface area (TPSA) is 80.4 Å². The molecule has 6 nitrogen and oxygen atoms in total. The molecule has 1 amide bonds. The predicted molar refractivity (Wildman–Crippen MR) is 112 cm³/mol. The molecular weight excluding hydrogens is 444 g/mol. The van der Waals surface area contributed by atoms with Crippen molar-refractivity contribution in [2.75, 3.05) is 6.61 Å². The number of para-hydroxylation sites is 2. The minimum absolute atomic E-state index is 0.0190. The Bertz CT molecular complexity index is 1130. The summed E-state index contributed by atoms with van der Waals surface area (Å²) in [5.74, 6) is -6.74. The number of H-pyrrole nitrogens is 1. The fourth-order valence-corrected chi connectivity index (χ4v) is 3.41. The van der Waals surface area contributed by atoms with Gasteiger partial charge in [0.05, 0.1) is 6.61 Å². The predicted octanol–water partition coefficient (Wildman–Crippen LogP) is 4.54. The lowest BCUT2D eigenvalue weighted by Crippen LogP contribution is -2.45. The Morgan fingerprint density at radius 2 is 1.67 bits per heavy atom. The lowest BCUT2D eigenvalue weighted by molar-refractivity contribution is -0.317. The molecule has 0 unspecified atom stereocenters. The highest BCUT2D eigenvalue weighted by molar-refractivity contribution is 5.88. The summed E-state index contributed by atoms with van der Waals surface area (Å²) in [7, 11) is 0. The highest BCUT2D eigenvalue weighted by Crippen LogP contribution is 2.46. The summed E-state index contributed by atoms with van der Waals surface area (Å²) in [4.78, 5) is 26.3. The zero-order chi connectivity index (χ0) is 24.2. The largest absolute Gasteiger partial charge is 0.470 e. The Morgan fingerprint density at radius 3 is 2.30 bits per heavy atom. The van der Waals surface area contributed by atoms with Gasteiger partial charge in [-0.2, -0.15) is 17.6 Å². The second-order valence-electron chi connectivity index (χ2n) is 7.24. The highest BCUT2D eigenvalue weighted by Gasteiger charge is 2.62. The molecule has 33 heavy (non-hydrogen) atoms. The molecule has 0 spiro atoms. The van der Waals surface area contributed by atoms with Gasteiger partial charge in [0.2, 0.25) is 5.91 Å². The first-order valence-electron chi connectivity index (χ1n) is 10.1. The van der Waals surface area contributed by atoms with E-state index >= 15 is 8.78 Å². The minimum atomic E-state index is -4.93. The van der Waals surface area contributed by atoms with Crippen LogP contribution in [-0.4, -0.2) is 35.6 Å². The number of aromatic nitrogens is 1. The lowest BCUT2D eigenvalue weighted by atomic mass is 9.99. The molecule has 0 bridgehead atoms. The third-order valence-electron chi connectivity index (χ3n) is 4.84. The number of amides is 1. The third kappa shape index (κ3) is 5.10. The van der Waals surface area contributed by atoms with Crippen LogP contribution in [0.5, 0.6) is 5.75 Å². The van der Waals surface area contributed by atoms with Crippen molar-refractivity contribution in [2.45, 2.75) is 38.3 Å². The number of rotatable bonds is 9. The number of hydrogen-bond donors (Lipinski definition) is 2. The van der Waals surface area contributed by atoms with Crippen molar-refractivity contribution in [3.05, 3.63) is 65.9 Å². The molecule has 3 aromatic rings. The average Bonchev–Trinajstić information content (AvgIpc) is 3.12. The van der Waals surface area contributed by atoms with E-state index in [0.717, 1.165) is 19.1 Å². The van der Waals surface area contributed by atoms with Gasteiger partial charge in [-0.1, -0.05) is 36.4 Å². The first kappa shape index (κ1) is 24.1. The monoisotopic (exact) mass is 466 g/mol. The van der Waals surface area contributed by atoms with Crippen LogP contribution in [0.4, 0.5) is 17.6 Å². The zero-order valence-electron chi connectivity index (χ0n) is 17.8. The highest BCUT2D eigenvalue weighted by atomic mass is 19.3. The second-order valence-corrected chi connectivity index (χ2v) is 7.24. The number of carbonyl (C=O) groups excluding carboxylic acids is 2. The van der Waals surface area contributed by atoms with Gasteiger partial charge in [0, 0.05) is 24.2 Å². The number of hydrogen-bond acceptors (Lipinski definition) is 4. The van der Waals surface area contributed by atoms with Crippen LogP contribution in [0.2, 0.25) is 0 Å². The van der Waals surface area contributed by atoms with E-state index in [9.17, 15) is 18.4 Å². The van der Waals surface area contributed by atoms with Crippen LogP contribution in [0.25, 0.3) is 10.9 Å². The van der Waals surface area contributed by atoms with Gasteiger partial charge in [-0.25, -0.2) is 4.79 Å². The number of nitrogens with one attached hydrogen (secondary N) is 2. The Labute approximate surface area is 186 Å². The number of halogens is 4. The molecule has 0 aliphatic rings. The third-order valence-corrected chi connectivity index (χ3v) is 4.84. The number of fused-ring (bicyclic) bond motifs is 1. The van der Waals surface area contributed by atoms with Crippen LogP contribution in [-0.2, 0) is 26.7 Å². The number of carbonyl (C=O) groups is 2. The maximum Gasteiger partial charge on any atom is 0.470 e. The van der Waals surface area contributed by atoms with Crippen molar-refractivity contribution in [1.29, 1.82) is 0 Å². The van der Waals surface area contributed by atoms with Crippen LogP contribution in [0.3, 0.4) is 0 Å². The van der Waals surface area contributed by atoms with Gasteiger partial charge >= 0.3 is 18.0 Å².